The lowest BCUT2D eigenvalue weighted by Crippen LogP contribution is -2.43. The Hall–Kier alpha value is -2.08. The summed E-state index contributed by atoms with van der Waals surface area (Å²) in [6.07, 6.45) is 1.47. The van der Waals surface area contributed by atoms with E-state index in [1.807, 2.05) is 18.2 Å². The van der Waals surface area contributed by atoms with Crippen LogP contribution >= 0.6 is 23.2 Å². The Morgan fingerprint density at radius 3 is 2.85 bits per heavy atom. The van der Waals surface area contributed by atoms with Crippen molar-refractivity contribution in [2.24, 2.45) is 0 Å². The van der Waals surface area contributed by atoms with Gasteiger partial charge >= 0.3 is 0 Å². The molecule has 0 bridgehead atoms. The molecule has 0 unspecified atom stereocenters. The molecule has 134 valence electrons. The number of rotatable bonds is 2. The highest BCUT2D eigenvalue weighted by molar-refractivity contribution is 6.44. The number of morpholine rings is 1. The average Bonchev–Trinajstić information content (AvgIpc) is 2.64. The van der Waals surface area contributed by atoms with Gasteiger partial charge in [0.1, 0.15) is 12.1 Å². The third-order valence-corrected chi connectivity index (χ3v) is 5.51. The van der Waals surface area contributed by atoms with Crippen molar-refractivity contribution in [3.63, 3.8) is 0 Å². The first kappa shape index (κ1) is 17.3. The third kappa shape index (κ3) is 2.96. The topological polar surface area (TPSA) is 64.3 Å². The number of ether oxygens (including phenoxy) is 1. The molecule has 4 rings (SSSR count). The van der Waals surface area contributed by atoms with Crippen LogP contribution in [0.1, 0.15) is 6.92 Å². The predicted molar refractivity (Wildman–Crippen MR) is 107 cm³/mol. The summed E-state index contributed by atoms with van der Waals surface area (Å²) in [5.74, 6) is 0.442. The summed E-state index contributed by atoms with van der Waals surface area (Å²) in [6, 6.07) is 9.97. The maximum absolute atomic E-state index is 6.49. The standard InChI is InChI=1S/C19H18Cl2N4O/c1-11-9-26-6-5-25(11)12-7-14(13-3-2-4-16(20)17(13)21)18-15(8-12)19(22)24-10-23-18/h2-4,7-8,10-11H,5-6,9H2,1H3,(H2,22,23,24)/t11-/m1/s1. The summed E-state index contributed by atoms with van der Waals surface area (Å²) in [4.78, 5) is 10.9. The van der Waals surface area contributed by atoms with Crippen molar-refractivity contribution in [1.82, 2.24) is 9.97 Å². The lowest BCUT2D eigenvalue weighted by Gasteiger charge is -2.35. The summed E-state index contributed by atoms with van der Waals surface area (Å²) in [5.41, 5.74) is 9.66. The number of anilines is 2. The van der Waals surface area contributed by atoms with Gasteiger partial charge in [-0.3, -0.25) is 0 Å². The molecule has 0 aliphatic carbocycles. The molecule has 2 N–H and O–H groups in total. The molecule has 3 aromatic rings. The van der Waals surface area contributed by atoms with Crippen molar-refractivity contribution in [3.8, 4) is 11.1 Å². The van der Waals surface area contributed by atoms with Crippen molar-refractivity contribution < 1.29 is 4.74 Å². The molecule has 7 heteroatoms. The molecule has 2 heterocycles. The Bertz CT molecular complexity index is 979. The quantitative estimate of drug-likeness (QED) is 0.703. The van der Waals surface area contributed by atoms with E-state index in [1.165, 1.54) is 6.33 Å². The molecule has 26 heavy (non-hydrogen) atoms. The van der Waals surface area contributed by atoms with Gasteiger partial charge in [-0.1, -0.05) is 35.3 Å². The Morgan fingerprint density at radius 1 is 1.19 bits per heavy atom. The molecule has 1 fully saturated rings. The van der Waals surface area contributed by atoms with Gasteiger partial charge in [-0.05, 0) is 25.1 Å². The lowest BCUT2D eigenvalue weighted by molar-refractivity contribution is 0.0990. The highest BCUT2D eigenvalue weighted by Gasteiger charge is 2.22. The number of hydrogen-bond acceptors (Lipinski definition) is 5. The van der Waals surface area contributed by atoms with Crippen molar-refractivity contribution in [1.29, 1.82) is 0 Å². The number of nitrogen functional groups attached to an aromatic ring is 1. The van der Waals surface area contributed by atoms with E-state index in [0.717, 1.165) is 34.3 Å². The van der Waals surface area contributed by atoms with Crippen molar-refractivity contribution in [2.45, 2.75) is 13.0 Å². The summed E-state index contributed by atoms with van der Waals surface area (Å²) >= 11 is 12.7. The lowest BCUT2D eigenvalue weighted by atomic mass is 10.00. The second-order valence-electron chi connectivity index (χ2n) is 6.37. The Labute approximate surface area is 161 Å². The predicted octanol–water partition coefficient (Wildman–Crippen LogP) is 4.41. The van der Waals surface area contributed by atoms with Crippen LogP contribution in [0.4, 0.5) is 11.5 Å². The molecule has 0 amide bonds. The first-order chi connectivity index (χ1) is 12.6. The summed E-state index contributed by atoms with van der Waals surface area (Å²) in [7, 11) is 0. The number of nitrogens with two attached hydrogens (primary N) is 1. The van der Waals surface area contributed by atoms with Gasteiger partial charge in [0.05, 0.1) is 28.8 Å². The number of halogens is 2. The summed E-state index contributed by atoms with van der Waals surface area (Å²) < 4.78 is 5.56. The molecular formula is C19H18Cl2N4O. The highest BCUT2D eigenvalue weighted by atomic mass is 35.5. The van der Waals surface area contributed by atoms with Crippen LogP contribution in [-0.4, -0.2) is 35.8 Å². The zero-order valence-corrected chi connectivity index (χ0v) is 15.8. The van der Waals surface area contributed by atoms with E-state index in [2.05, 4.69) is 27.9 Å². The van der Waals surface area contributed by atoms with Crippen LogP contribution in [0.15, 0.2) is 36.7 Å². The minimum atomic E-state index is 0.259. The van der Waals surface area contributed by atoms with E-state index in [0.29, 0.717) is 29.1 Å². The number of hydrogen-bond donors (Lipinski definition) is 1. The fourth-order valence-corrected chi connectivity index (χ4v) is 3.77. The van der Waals surface area contributed by atoms with Crippen LogP contribution in [0.3, 0.4) is 0 Å². The minimum Gasteiger partial charge on any atom is -0.383 e. The van der Waals surface area contributed by atoms with Crippen LogP contribution < -0.4 is 10.6 Å². The molecule has 1 aromatic heterocycles. The van der Waals surface area contributed by atoms with Crippen LogP contribution in [0.5, 0.6) is 0 Å². The Balaban J connectivity index is 1.99. The van der Waals surface area contributed by atoms with Gasteiger partial charge in [0.25, 0.3) is 0 Å². The molecule has 5 nitrogen and oxygen atoms in total. The summed E-state index contributed by atoms with van der Waals surface area (Å²) in [5, 5.41) is 1.80. The molecule has 0 radical (unpaired) electrons. The molecule has 0 saturated carbocycles. The van der Waals surface area contributed by atoms with E-state index >= 15 is 0 Å². The molecule has 1 atom stereocenters. The van der Waals surface area contributed by atoms with Gasteiger partial charge in [0.15, 0.2) is 0 Å². The fourth-order valence-electron chi connectivity index (χ4n) is 3.37. The maximum atomic E-state index is 6.49. The third-order valence-electron chi connectivity index (χ3n) is 4.70. The smallest absolute Gasteiger partial charge is 0.134 e. The zero-order valence-electron chi connectivity index (χ0n) is 14.2. The van der Waals surface area contributed by atoms with Crippen LogP contribution in [0, 0.1) is 0 Å². The molecule has 1 aliphatic heterocycles. The minimum absolute atomic E-state index is 0.259. The van der Waals surface area contributed by atoms with Gasteiger partial charge in [-0.2, -0.15) is 0 Å². The van der Waals surface area contributed by atoms with Crippen molar-refractivity contribution in [3.05, 3.63) is 46.7 Å². The van der Waals surface area contributed by atoms with E-state index in [1.54, 1.807) is 6.07 Å². The first-order valence-electron chi connectivity index (χ1n) is 8.39. The number of aromatic nitrogens is 2. The van der Waals surface area contributed by atoms with Crippen LogP contribution in [-0.2, 0) is 4.74 Å². The van der Waals surface area contributed by atoms with E-state index in [-0.39, 0.29) is 6.04 Å². The van der Waals surface area contributed by atoms with Crippen molar-refractivity contribution in [2.75, 3.05) is 30.4 Å². The van der Waals surface area contributed by atoms with E-state index < -0.39 is 0 Å². The average molecular weight is 389 g/mol. The zero-order chi connectivity index (χ0) is 18.3. The van der Waals surface area contributed by atoms with E-state index in [9.17, 15) is 0 Å². The van der Waals surface area contributed by atoms with Gasteiger partial charge < -0.3 is 15.4 Å². The SMILES string of the molecule is C[C@@H]1COCCN1c1cc(-c2cccc(Cl)c2Cl)c2ncnc(N)c2c1. The first-order valence-corrected chi connectivity index (χ1v) is 9.15. The van der Waals surface area contributed by atoms with Crippen LogP contribution in [0.25, 0.3) is 22.0 Å². The fraction of sp³-hybridized carbons (Fsp3) is 0.263. The van der Waals surface area contributed by atoms with Gasteiger partial charge in [0.2, 0.25) is 0 Å². The van der Waals surface area contributed by atoms with E-state index in [4.69, 9.17) is 33.7 Å². The van der Waals surface area contributed by atoms with Gasteiger partial charge in [-0.25, -0.2) is 9.97 Å². The van der Waals surface area contributed by atoms with Crippen LogP contribution in [0.2, 0.25) is 10.0 Å². The highest BCUT2D eigenvalue weighted by Crippen LogP contribution is 2.40. The number of benzene rings is 2. The molecule has 1 saturated heterocycles. The van der Waals surface area contributed by atoms with Gasteiger partial charge in [-0.15, -0.1) is 0 Å². The normalized spacial score (nSPS) is 17.7. The van der Waals surface area contributed by atoms with Gasteiger partial charge in [0, 0.05) is 34.8 Å². The Morgan fingerprint density at radius 2 is 2.04 bits per heavy atom. The molecule has 0 spiro atoms. The second kappa shape index (κ2) is 6.91. The maximum Gasteiger partial charge on any atom is 0.134 e. The number of fused-ring (bicyclic) bond motifs is 1. The second-order valence-corrected chi connectivity index (χ2v) is 7.15. The molecule has 1 aliphatic rings. The van der Waals surface area contributed by atoms with Crippen molar-refractivity contribution >= 4 is 45.6 Å². The summed E-state index contributed by atoms with van der Waals surface area (Å²) in [6.45, 7) is 4.33. The molecular weight excluding hydrogens is 371 g/mol. The number of nitrogens with zero attached hydrogens (tertiary/aromatic N) is 3. The largest absolute Gasteiger partial charge is 0.383 e. The Kier molecular flexibility index (Phi) is 4.61. The molecule has 2 aromatic carbocycles. The monoisotopic (exact) mass is 388 g/mol.